The Morgan fingerprint density at radius 3 is 2.58 bits per heavy atom. The molecule has 0 bridgehead atoms. The number of carbonyl (C=O) groups excluding carboxylic acids is 4. The molecule has 48 heavy (non-hydrogen) atoms. The van der Waals surface area contributed by atoms with Crippen molar-refractivity contribution < 1.29 is 33.4 Å². The maximum absolute atomic E-state index is 14.4. The quantitative estimate of drug-likeness (QED) is 0.330. The maximum Gasteiger partial charge on any atom is 0.408 e. The molecule has 0 radical (unpaired) electrons. The van der Waals surface area contributed by atoms with Gasteiger partial charge in [0.2, 0.25) is 11.8 Å². The summed E-state index contributed by atoms with van der Waals surface area (Å²) in [5.74, 6) is -0.753. The fourth-order valence-electron chi connectivity index (χ4n) is 7.17. The van der Waals surface area contributed by atoms with Gasteiger partial charge in [-0.3, -0.25) is 9.59 Å². The number of nitrogens with one attached hydrogen (secondary N) is 2. The van der Waals surface area contributed by atoms with Crippen molar-refractivity contribution in [1.82, 2.24) is 30.5 Å². The zero-order valence-corrected chi connectivity index (χ0v) is 27.8. The fraction of sp³-hybridized carbons (Fsp3) is 0.600. The Morgan fingerprint density at radius 1 is 1.06 bits per heavy atom. The molecule has 13 heteroatoms. The van der Waals surface area contributed by atoms with Gasteiger partial charge in [-0.2, -0.15) is 15.0 Å². The Kier molecular flexibility index (Phi) is 10.3. The van der Waals surface area contributed by atoms with Gasteiger partial charge in [-0.1, -0.05) is 25.0 Å². The molecular weight excluding hydrogens is 616 g/mol. The number of esters is 1. The molecule has 2 aromatic rings. The zero-order chi connectivity index (χ0) is 33.7. The minimum Gasteiger partial charge on any atom is -0.497 e. The van der Waals surface area contributed by atoms with Crippen LogP contribution in [-0.2, 0) is 23.9 Å². The van der Waals surface area contributed by atoms with Gasteiger partial charge in [-0.25, -0.2) is 9.59 Å². The molecule has 2 N–H and O–H groups in total. The van der Waals surface area contributed by atoms with E-state index in [-0.39, 0.29) is 37.5 Å². The van der Waals surface area contributed by atoms with Gasteiger partial charge >= 0.3 is 12.1 Å². The number of benzene rings is 1. The largest absolute Gasteiger partial charge is 0.497 e. The number of methoxy groups -OCH3 is 1. The van der Waals surface area contributed by atoms with Gasteiger partial charge in [-0.15, -0.1) is 0 Å². The van der Waals surface area contributed by atoms with Gasteiger partial charge in [-0.05, 0) is 82.6 Å². The second-order valence-electron chi connectivity index (χ2n) is 13.2. The number of ether oxygens (including phenoxy) is 3. The van der Waals surface area contributed by atoms with E-state index < -0.39 is 41.6 Å². The van der Waals surface area contributed by atoms with Crippen molar-refractivity contribution in [2.24, 2.45) is 5.92 Å². The highest BCUT2D eigenvalue weighted by Crippen LogP contribution is 2.46. The average molecular weight is 663 g/mol. The number of amides is 3. The van der Waals surface area contributed by atoms with Gasteiger partial charge in [0.1, 0.15) is 35.2 Å². The molecule has 3 heterocycles. The molecule has 4 aliphatic rings. The summed E-state index contributed by atoms with van der Waals surface area (Å²) in [6.07, 6.45) is 12.9. The molecule has 2 saturated carbocycles. The molecule has 2 aliphatic carbocycles. The summed E-state index contributed by atoms with van der Waals surface area (Å²) in [7, 11) is 1.60. The van der Waals surface area contributed by atoms with Crippen LogP contribution >= 0.6 is 0 Å². The van der Waals surface area contributed by atoms with E-state index in [1.165, 1.54) is 4.90 Å². The Morgan fingerprint density at radius 2 is 1.83 bits per heavy atom. The molecular formula is C35H46N6O7. The van der Waals surface area contributed by atoms with Crippen LogP contribution in [0.1, 0.15) is 83.6 Å². The fourth-order valence-corrected chi connectivity index (χ4v) is 7.17. The molecule has 3 amide bonds. The molecule has 1 aromatic heterocycles. The van der Waals surface area contributed by atoms with Crippen molar-refractivity contribution in [1.29, 1.82) is 0 Å². The van der Waals surface area contributed by atoms with Gasteiger partial charge in [0.15, 0.2) is 0 Å². The number of aromatic nitrogens is 3. The molecule has 1 saturated heterocycles. The summed E-state index contributed by atoms with van der Waals surface area (Å²) in [5, 5.41) is 15.1. The van der Waals surface area contributed by atoms with Crippen molar-refractivity contribution in [2.45, 2.75) is 107 Å². The van der Waals surface area contributed by atoms with Crippen molar-refractivity contribution >= 4 is 23.9 Å². The smallest absolute Gasteiger partial charge is 0.408 e. The van der Waals surface area contributed by atoms with Crippen LogP contribution in [0.4, 0.5) is 4.79 Å². The molecule has 13 nitrogen and oxygen atoms in total. The highest BCUT2D eigenvalue weighted by molar-refractivity contribution is 5.96. The summed E-state index contributed by atoms with van der Waals surface area (Å²) in [6, 6.07) is 5.24. The minimum atomic E-state index is -1.18. The van der Waals surface area contributed by atoms with E-state index in [2.05, 4.69) is 21.8 Å². The van der Waals surface area contributed by atoms with Gasteiger partial charge in [0, 0.05) is 24.4 Å². The standard InChI is InChI=1S/C35H46N6O7/c1-3-47-33(44)35-20-24(35)11-7-5-4-6-8-14-28(37-34(45)48-27-12-9-10-13-27)32(43)40-22-25(19-30(40)31(42)38-35)41-36-21-29(39-41)23-15-17-26(46-2)18-16-23/h7,11,15-18,21,24-25,27-28,30H,3-6,8-10,12-14,19-20,22H2,1-2H3,(H,37,45)(H,38,42)/b11-7-/t24?,25-,28+,30+,35-/m1/s1. The number of allylic oxidation sites excluding steroid dienone is 1. The first kappa shape index (κ1) is 33.5. The van der Waals surface area contributed by atoms with E-state index in [4.69, 9.17) is 19.3 Å². The summed E-state index contributed by atoms with van der Waals surface area (Å²) < 4.78 is 16.3. The van der Waals surface area contributed by atoms with Crippen LogP contribution in [0.15, 0.2) is 42.6 Å². The van der Waals surface area contributed by atoms with Crippen LogP contribution in [-0.4, -0.2) is 87.8 Å². The van der Waals surface area contributed by atoms with Crippen LogP contribution in [0.2, 0.25) is 0 Å². The normalized spacial score (nSPS) is 28.7. The number of hydrogen-bond acceptors (Lipinski definition) is 9. The molecule has 6 rings (SSSR count). The molecule has 5 atom stereocenters. The van der Waals surface area contributed by atoms with Gasteiger partial charge < -0.3 is 29.7 Å². The molecule has 1 aromatic carbocycles. The van der Waals surface area contributed by atoms with E-state index >= 15 is 0 Å². The average Bonchev–Trinajstić information content (AvgIpc) is 3.56. The number of alkyl carbamates (subject to hydrolysis) is 1. The van der Waals surface area contributed by atoms with E-state index in [0.29, 0.717) is 25.0 Å². The van der Waals surface area contributed by atoms with Crippen LogP contribution in [0.5, 0.6) is 5.75 Å². The van der Waals surface area contributed by atoms with E-state index in [9.17, 15) is 19.2 Å². The SMILES string of the molecule is CCOC(=O)[C@@]12CC1/C=C\CCCCC[C@H](NC(=O)OC1CCCC1)C(=O)N1C[C@H](n3ncc(-c4ccc(OC)cc4)n3)C[C@H]1C(=O)N2. The predicted octanol–water partition coefficient (Wildman–Crippen LogP) is 4.09. The summed E-state index contributed by atoms with van der Waals surface area (Å²) >= 11 is 0. The Bertz CT molecular complexity index is 1500. The van der Waals surface area contributed by atoms with Gasteiger partial charge in [0.25, 0.3) is 0 Å². The molecule has 0 spiro atoms. The molecule has 258 valence electrons. The second kappa shape index (κ2) is 14.8. The summed E-state index contributed by atoms with van der Waals surface area (Å²) in [6.45, 7) is 2.08. The summed E-state index contributed by atoms with van der Waals surface area (Å²) in [5.41, 5.74) is 0.309. The lowest BCUT2D eigenvalue weighted by Gasteiger charge is -2.30. The Hall–Kier alpha value is -4.42. The Balaban J connectivity index is 1.27. The van der Waals surface area contributed by atoms with Crippen LogP contribution in [0, 0.1) is 5.92 Å². The first-order valence-corrected chi connectivity index (χ1v) is 17.3. The van der Waals surface area contributed by atoms with Crippen molar-refractivity contribution in [3.8, 4) is 17.0 Å². The minimum absolute atomic E-state index is 0.152. The van der Waals surface area contributed by atoms with E-state index in [1.54, 1.807) is 25.0 Å². The van der Waals surface area contributed by atoms with E-state index in [1.807, 2.05) is 30.3 Å². The van der Waals surface area contributed by atoms with Crippen molar-refractivity contribution in [3.05, 3.63) is 42.6 Å². The second-order valence-corrected chi connectivity index (χ2v) is 13.2. The molecule has 2 aliphatic heterocycles. The third kappa shape index (κ3) is 7.34. The third-order valence-corrected chi connectivity index (χ3v) is 9.98. The summed E-state index contributed by atoms with van der Waals surface area (Å²) in [4.78, 5) is 57.8. The number of hydrogen-bond donors (Lipinski definition) is 2. The van der Waals surface area contributed by atoms with Crippen LogP contribution in [0.3, 0.4) is 0 Å². The number of carbonyl (C=O) groups is 4. The molecule has 3 fully saturated rings. The predicted molar refractivity (Wildman–Crippen MR) is 175 cm³/mol. The highest BCUT2D eigenvalue weighted by atomic mass is 16.6. The number of rotatable bonds is 7. The van der Waals surface area contributed by atoms with Gasteiger partial charge in [0.05, 0.1) is 26.0 Å². The van der Waals surface area contributed by atoms with Crippen molar-refractivity contribution in [3.63, 3.8) is 0 Å². The lowest BCUT2D eigenvalue weighted by atomic mass is 10.0. The Labute approximate surface area is 280 Å². The van der Waals surface area contributed by atoms with Crippen LogP contribution < -0.4 is 15.4 Å². The lowest BCUT2D eigenvalue weighted by molar-refractivity contribution is -0.150. The lowest BCUT2D eigenvalue weighted by Crippen LogP contribution is -2.56. The first-order valence-electron chi connectivity index (χ1n) is 17.3. The first-order chi connectivity index (χ1) is 23.3. The van der Waals surface area contributed by atoms with E-state index in [0.717, 1.165) is 56.3 Å². The number of fused-ring (bicyclic) bond motifs is 2. The topological polar surface area (TPSA) is 154 Å². The number of nitrogens with zero attached hydrogens (tertiary/aromatic N) is 4. The zero-order valence-electron chi connectivity index (χ0n) is 27.8. The highest BCUT2D eigenvalue weighted by Gasteiger charge is 2.62. The third-order valence-electron chi connectivity index (χ3n) is 9.98. The van der Waals surface area contributed by atoms with Crippen LogP contribution in [0.25, 0.3) is 11.3 Å². The maximum atomic E-state index is 14.4. The monoisotopic (exact) mass is 662 g/mol. The molecule has 1 unspecified atom stereocenters. The van der Waals surface area contributed by atoms with Crippen molar-refractivity contribution in [2.75, 3.05) is 20.3 Å².